The van der Waals surface area contributed by atoms with E-state index < -0.39 is 0 Å². The summed E-state index contributed by atoms with van der Waals surface area (Å²) >= 11 is 0. The summed E-state index contributed by atoms with van der Waals surface area (Å²) in [5.74, 6) is 0.447. The van der Waals surface area contributed by atoms with Gasteiger partial charge in [0, 0.05) is 42.8 Å². The first-order chi connectivity index (χ1) is 12.6. The van der Waals surface area contributed by atoms with Crippen LogP contribution in [0.1, 0.15) is 5.56 Å². The van der Waals surface area contributed by atoms with Crippen molar-refractivity contribution in [2.24, 2.45) is 0 Å². The van der Waals surface area contributed by atoms with E-state index in [1.807, 2.05) is 67.5 Å². The smallest absolute Gasteiger partial charge is 0.228 e. The van der Waals surface area contributed by atoms with E-state index in [0.717, 1.165) is 33.9 Å². The highest BCUT2D eigenvalue weighted by atomic mass is 16.1. The molecule has 0 atom stereocenters. The third-order valence-electron chi connectivity index (χ3n) is 4.29. The van der Waals surface area contributed by atoms with Gasteiger partial charge in [0.2, 0.25) is 11.9 Å². The molecule has 2 aromatic carbocycles. The van der Waals surface area contributed by atoms with E-state index in [2.05, 4.69) is 15.6 Å². The molecule has 4 rings (SSSR count). The van der Waals surface area contributed by atoms with Crippen molar-refractivity contribution < 1.29 is 4.79 Å². The number of nitrogens with one attached hydrogen (secondary N) is 2. The quantitative estimate of drug-likeness (QED) is 0.761. The Morgan fingerprint density at radius 3 is 2.81 bits per heavy atom. The van der Waals surface area contributed by atoms with Crippen LogP contribution in [-0.4, -0.2) is 30.0 Å². The number of para-hydroxylation sites is 1. The molecule has 6 nitrogen and oxygen atoms in total. The standard InChI is InChI=1S/C20H19N5O/c1-25(2)15-7-5-6-14(11-15)22-20-21-12-13-10-18(26)23-17-9-4-3-8-16(17)19(13)24-20/h3-9,11-12H,10H2,1-2H3,(H,23,26)(H,21,22,24). The zero-order chi connectivity index (χ0) is 18.1. The van der Waals surface area contributed by atoms with Crippen LogP contribution >= 0.6 is 0 Å². The van der Waals surface area contributed by atoms with Gasteiger partial charge in [-0.15, -0.1) is 0 Å². The van der Waals surface area contributed by atoms with Gasteiger partial charge in [0.15, 0.2) is 0 Å². The van der Waals surface area contributed by atoms with E-state index in [1.54, 1.807) is 6.20 Å². The molecule has 1 amide bonds. The van der Waals surface area contributed by atoms with Gasteiger partial charge in [-0.25, -0.2) is 9.97 Å². The first kappa shape index (κ1) is 16.1. The van der Waals surface area contributed by atoms with Crippen molar-refractivity contribution in [1.29, 1.82) is 0 Å². The van der Waals surface area contributed by atoms with E-state index >= 15 is 0 Å². The molecular formula is C20H19N5O. The van der Waals surface area contributed by atoms with Crippen LogP contribution in [0.25, 0.3) is 11.3 Å². The number of anilines is 4. The summed E-state index contributed by atoms with van der Waals surface area (Å²) in [6, 6.07) is 15.7. The number of aromatic nitrogens is 2. The third-order valence-corrected chi connectivity index (χ3v) is 4.29. The number of amides is 1. The number of fused-ring (bicyclic) bond motifs is 3. The van der Waals surface area contributed by atoms with Gasteiger partial charge >= 0.3 is 0 Å². The van der Waals surface area contributed by atoms with Crippen molar-refractivity contribution in [3.63, 3.8) is 0 Å². The van der Waals surface area contributed by atoms with Crippen LogP contribution in [0.2, 0.25) is 0 Å². The summed E-state index contributed by atoms with van der Waals surface area (Å²) in [5, 5.41) is 6.18. The molecule has 0 spiro atoms. The molecule has 0 aliphatic carbocycles. The first-order valence-corrected chi connectivity index (χ1v) is 8.40. The van der Waals surface area contributed by atoms with Gasteiger partial charge in [-0.3, -0.25) is 4.79 Å². The monoisotopic (exact) mass is 345 g/mol. The number of nitrogens with zero attached hydrogens (tertiary/aromatic N) is 3. The number of carbonyl (C=O) groups is 1. The van der Waals surface area contributed by atoms with Gasteiger partial charge in [-0.1, -0.05) is 24.3 Å². The van der Waals surface area contributed by atoms with Gasteiger partial charge in [-0.05, 0) is 24.3 Å². The fourth-order valence-corrected chi connectivity index (χ4v) is 2.99. The zero-order valence-corrected chi connectivity index (χ0v) is 14.7. The van der Waals surface area contributed by atoms with Crippen LogP contribution in [-0.2, 0) is 11.2 Å². The normalized spacial score (nSPS) is 12.5. The van der Waals surface area contributed by atoms with E-state index in [4.69, 9.17) is 4.98 Å². The molecule has 130 valence electrons. The molecule has 0 fully saturated rings. The molecule has 0 saturated carbocycles. The van der Waals surface area contributed by atoms with E-state index in [0.29, 0.717) is 5.95 Å². The molecule has 0 saturated heterocycles. The third kappa shape index (κ3) is 3.09. The number of hydrogen-bond acceptors (Lipinski definition) is 5. The molecule has 0 unspecified atom stereocenters. The molecule has 2 N–H and O–H groups in total. The minimum Gasteiger partial charge on any atom is -0.378 e. The van der Waals surface area contributed by atoms with Crippen molar-refractivity contribution in [2.45, 2.75) is 6.42 Å². The number of rotatable bonds is 3. The summed E-state index contributed by atoms with van der Waals surface area (Å²) in [7, 11) is 4.00. The molecule has 0 radical (unpaired) electrons. The van der Waals surface area contributed by atoms with Crippen LogP contribution in [0.4, 0.5) is 23.0 Å². The van der Waals surface area contributed by atoms with Crippen molar-refractivity contribution in [1.82, 2.24) is 9.97 Å². The Kier molecular flexibility index (Phi) is 4.01. The fourth-order valence-electron chi connectivity index (χ4n) is 2.99. The van der Waals surface area contributed by atoms with Gasteiger partial charge < -0.3 is 15.5 Å². The Bertz CT molecular complexity index is 983. The minimum atomic E-state index is -0.0563. The maximum absolute atomic E-state index is 12.1. The Morgan fingerprint density at radius 2 is 1.96 bits per heavy atom. The fraction of sp³-hybridized carbons (Fsp3) is 0.150. The molecule has 6 heteroatoms. The Hall–Kier alpha value is -3.41. The second-order valence-corrected chi connectivity index (χ2v) is 6.41. The summed E-state index contributed by atoms with van der Waals surface area (Å²) in [5.41, 5.74) is 5.27. The second-order valence-electron chi connectivity index (χ2n) is 6.41. The average Bonchev–Trinajstić information content (AvgIpc) is 2.77. The van der Waals surface area contributed by atoms with Gasteiger partial charge in [0.25, 0.3) is 0 Å². The number of hydrogen-bond donors (Lipinski definition) is 2. The maximum atomic E-state index is 12.1. The Labute approximate surface area is 151 Å². The highest BCUT2D eigenvalue weighted by Crippen LogP contribution is 2.33. The lowest BCUT2D eigenvalue weighted by Gasteiger charge is -2.14. The van der Waals surface area contributed by atoms with Crippen LogP contribution in [0.3, 0.4) is 0 Å². The number of benzene rings is 2. The summed E-state index contributed by atoms with van der Waals surface area (Å²) in [4.78, 5) is 23.2. The van der Waals surface area contributed by atoms with Gasteiger partial charge in [0.05, 0.1) is 17.8 Å². The number of carbonyl (C=O) groups excluding carboxylic acids is 1. The Morgan fingerprint density at radius 1 is 1.12 bits per heavy atom. The van der Waals surface area contributed by atoms with Crippen molar-refractivity contribution in [2.75, 3.05) is 29.6 Å². The molecule has 1 aliphatic rings. The predicted molar refractivity (Wildman–Crippen MR) is 104 cm³/mol. The lowest BCUT2D eigenvalue weighted by Crippen LogP contribution is -2.12. The second kappa shape index (κ2) is 6.48. The van der Waals surface area contributed by atoms with E-state index in [-0.39, 0.29) is 12.3 Å². The molecule has 3 aromatic rings. The zero-order valence-electron chi connectivity index (χ0n) is 14.7. The first-order valence-electron chi connectivity index (χ1n) is 8.40. The molecule has 1 aromatic heterocycles. The van der Waals surface area contributed by atoms with Gasteiger partial charge in [0.1, 0.15) is 0 Å². The topological polar surface area (TPSA) is 70.2 Å². The van der Waals surface area contributed by atoms with E-state index in [9.17, 15) is 4.79 Å². The lowest BCUT2D eigenvalue weighted by molar-refractivity contribution is -0.115. The van der Waals surface area contributed by atoms with Crippen molar-refractivity contribution >= 4 is 28.9 Å². The van der Waals surface area contributed by atoms with Crippen LogP contribution in [0, 0.1) is 0 Å². The van der Waals surface area contributed by atoms with Crippen LogP contribution in [0.5, 0.6) is 0 Å². The summed E-state index contributed by atoms with van der Waals surface area (Å²) in [6.45, 7) is 0. The Balaban J connectivity index is 1.73. The molecule has 26 heavy (non-hydrogen) atoms. The SMILES string of the molecule is CN(C)c1cccc(Nc2ncc3c(n2)-c2ccccc2NC(=O)C3)c1. The van der Waals surface area contributed by atoms with Crippen molar-refractivity contribution in [3.05, 3.63) is 60.3 Å². The van der Waals surface area contributed by atoms with Crippen molar-refractivity contribution in [3.8, 4) is 11.3 Å². The lowest BCUT2D eigenvalue weighted by atomic mass is 10.1. The average molecular weight is 345 g/mol. The van der Waals surface area contributed by atoms with Crippen LogP contribution in [0.15, 0.2) is 54.7 Å². The largest absolute Gasteiger partial charge is 0.378 e. The summed E-state index contributed by atoms with van der Waals surface area (Å²) in [6.07, 6.45) is 1.99. The van der Waals surface area contributed by atoms with Gasteiger partial charge in [-0.2, -0.15) is 0 Å². The van der Waals surface area contributed by atoms with E-state index in [1.165, 1.54) is 0 Å². The molecule has 0 bridgehead atoms. The molecule has 1 aliphatic heterocycles. The highest BCUT2D eigenvalue weighted by molar-refractivity contribution is 5.99. The van der Waals surface area contributed by atoms with Crippen LogP contribution < -0.4 is 15.5 Å². The predicted octanol–water partition coefficient (Wildman–Crippen LogP) is 3.45. The summed E-state index contributed by atoms with van der Waals surface area (Å²) < 4.78 is 0. The highest BCUT2D eigenvalue weighted by Gasteiger charge is 2.20. The minimum absolute atomic E-state index is 0.0563. The molecular weight excluding hydrogens is 326 g/mol. The molecule has 2 heterocycles. The maximum Gasteiger partial charge on any atom is 0.228 e.